The van der Waals surface area contributed by atoms with Crippen LogP contribution in [0.5, 0.6) is 0 Å². The van der Waals surface area contributed by atoms with Gasteiger partial charge in [-0.05, 0) is 25.0 Å². The Hall–Kier alpha value is -2.14. The van der Waals surface area contributed by atoms with Gasteiger partial charge in [0.05, 0.1) is 25.2 Å². The van der Waals surface area contributed by atoms with Crippen LogP contribution in [0.3, 0.4) is 0 Å². The molecule has 1 aromatic rings. The molecule has 0 N–H and O–H groups in total. The number of unbranched alkanes of at least 4 members (excludes halogenated alkanes) is 2. The third kappa shape index (κ3) is 2.57. The molecule has 5 heteroatoms. The van der Waals surface area contributed by atoms with Crippen LogP contribution >= 0.6 is 0 Å². The van der Waals surface area contributed by atoms with E-state index in [4.69, 9.17) is 9.47 Å². The molecule has 0 aromatic heterocycles. The quantitative estimate of drug-likeness (QED) is 0.447. The van der Waals surface area contributed by atoms with E-state index in [9.17, 15) is 9.59 Å². The Morgan fingerprint density at radius 2 is 2.15 bits per heavy atom. The van der Waals surface area contributed by atoms with E-state index in [1.165, 1.54) is 0 Å². The standard InChI is InChI=1S/C21H25NO4/c1-3-4-7-12-25-20(24)17-16-10-11-21(26-16)13-22(19(23)18(17)21)15-9-6-5-8-14(15)2/h5-6,8-11,16-18H,3-4,7,12-13H2,1-2H3/t16-,17?,18?,21-/m1/s1. The lowest BCUT2D eigenvalue weighted by Gasteiger charge is -2.23. The van der Waals surface area contributed by atoms with Gasteiger partial charge < -0.3 is 14.4 Å². The van der Waals surface area contributed by atoms with Crippen molar-refractivity contribution < 1.29 is 19.1 Å². The molecule has 3 heterocycles. The monoisotopic (exact) mass is 355 g/mol. The highest BCUT2D eigenvalue weighted by Gasteiger charge is 2.67. The number of anilines is 1. The van der Waals surface area contributed by atoms with Gasteiger partial charge in [0.25, 0.3) is 0 Å². The van der Waals surface area contributed by atoms with Gasteiger partial charge in [-0.3, -0.25) is 9.59 Å². The SMILES string of the molecule is CCCCCOC(=O)C1C2C(=O)N(c3ccccc3C)C[C@]23C=C[C@H]1O3. The van der Waals surface area contributed by atoms with E-state index in [0.717, 1.165) is 30.5 Å². The summed E-state index contributed by atoms with van der Waals surface area (Å²) in [7, 11) is 0. The summed E-state index contributed by atoms with van der Waals surface area (Å²) in [6.07, 6.45) is 6.51. The zero-order valence-corrected chi connectivity index (χ0v) is 15.3. The van der Waals surface area contributed by atoms with Crippen LogP contribution in [-0.2, 0) is 19.1 Å². The first kappa shape index (κ1) is 17.3. The Kier molecular flexibility index (Phi) is 4.35. The second-order valence-electron chi connectivity index (χ2n) is 7.49. The van der Waals surface area contributed by atoms with Crippen LogP contribution in [0.4, 0.5) is 5.69 Å². The van der Waals surface area contributed by atoms with Crippen molar-refractivity contribution in [2.75, 3.05) is 18.1 Å². The maximum atomic E-state index is 13.2. The summed E-state index contributed by atoms with van der Waals surface area (Å²) in [6, 6.07) is 7.81. The molecular formula is C21H25NO4. The number of carbonyl (C=O) groups excluding carboxylic acids is 2. The fourth-order valence-corrected chi connectivity index (χ4v) is 4.46. The van der Waals surface area contributed by atoms with Crippen LogP contribution in [0.25, 0.3) is 0 Å². The number of esters is 1. The second-order valence-corrected chi connectivity index (χ2v) is 7.49. The Morgan fingerprint density at radius 1 is 1.35 bits per heavy atom. The van der Waals surface area contributed by atoms with E-state index in [1.54, 1.807) is 4.90 Å². The summed E-state index contributed by atoms with van der Waals surface area (Å²) in [4.78, 5) is 27.7. The number of hydrogen-bond acceptors (Lipinski definition) is 4. The molecule has 2 bridgehead atoms. The minimum atomic E-state index is -0.697. The summed E-state index contributed by atoms with van der Waals surface area (Å²) >= 11 is 0. The van der Waals surface area contributed by atoms with Crippen molar-refractivity contribution in [3.8, 4) is 0 Å². The Bertz CT molecular complexity index is 758. The van der Waals surface area contributed by atoms with Crippen LogP contribution < -0.4 is 4.90 Å². The minimum Gasteiger partial charge on any atom is -0.465 e. The van der Waals surface area contributed by atoms with Gasteiger partial charge in [0, 0.05) is 5.69 Å². The average molecular weight is 355 g/mol. The molecule has 4 atom stereocenters. The zero-order valence-electron chi connectivity index (χ0n) is 15.3. The Balaban J connectivity index is 1.56. The third-order valence-electron chi connectivity index (χ3n) is 5.77. The molecule has 5 nitrogen and oxygen atoms in total. The van der Waals surface area contributed by atoms with Crippen molar-refractivity contribution in [1.82, 2.24) is 0 Å². The molecular weight excluding hydrogens is 330 g/mol. The summed E-state index contributed by atoms with van der Waals surface area (Å²) < 4.78 is 11.6. The third-order valence-corrected chi connectivity index (χ3v) is 5.77. The van der Waals surface area contributed by atoms with Crippen LogP contribution in [0.1, 0.15) is 31.7 Å². The van der Waals surface area contributed by atoms with Gasteiger partial charge in [-0.15, -0.1) is 0 Å². The number of amides is 1. The van der Waals surface area contributed by atoms with E-state index >= 15 is 0 Å². The van der Waals surface area contributed by atoms with Crippen LogP contribution in [0.15, 0.2) is 36.4 Å². The minimum absolute atomic E-state index is 0.0401. The number of ether oxygens (including phenoxy) is 2. The molecule has 3 aliphatic rings. The molecule has 0 aliphatic carbocycles. The summed E-state index contributed by atoms with van der Waals surface area (Å²) in [5.74, 6) is -1.37. The van der Waals surface area contributed by atoms with E-state index in [1.807, 2.05) is 43.3 Å². The zero-order chi connectivity index (χ0) is 18.3. The predicted octanol–water partition coefficient (Wildman–Crippen LogP) is 3.01. The lowest BCUT2D eigenvalue weighted by molar-refractivity contribution is -0.152. The van der Waals surface area contributed by atoms with E-state index in [0.29, 0.717) is 13.2 Å². The van der Waals surface area contributed by atoms with Gasteiger partial charge in [-0.25, -0.2) is 0 Å². The van der Waals surface area contributed by atoms with Crippen molar-refractivity contribution >= 4 is 17.6 Å². The molecule has 26 heavy (non-hydrogen) atoms. The van der Waals surface area contributed by atoms with Gasteiger partial charge in [-0.1, -0.05) is 50.1 Å². The Labute approximate surface area is 154 Å². The van der Waals surface area contributed by atoms with Crippen molar-refractivity contribution in [3.63, 3.8) is 0 Å². The molecule has 138 valence electrons. The molecule has 2 fully saturated rings. The first-order valence-corrected chi connectivity index (χ1v) is 9.48. The molecule has 1 aromatic carbocycles. The first-order chi connectivity index (χ1) is 12.6. The lowest BCUT2D eigenvalue weighted by Crippen LogP contribution is -2.40. The van der Waals surface area contributed by atoms with Gasteiger partial charge >= 0.3 is 5.97 Å². The van der Waals surface area contributed by atoms with E-state index in [2.05, 4.69) is 6.92 Å². The van der Waals surface area contributed by atoms with Crippen molar-refractivity contribution in [1.29, 1.82) is 0 Å². The van der Waals surface area contributed by atoms with E-state index in [-0.39, 0.29) is 18.0 Å². The van der Waals surface area contributed by atoms with Gasteiger partial charge in [0.1, 0.15) is 11.5 Å². The van der Waals surface area contributed by atoms with Gasteiger partial charge in [-0.2, -0.15) is 0 Å². The van der Waals surface area contributed by atoms with Crippen molar-refractivity contribution in [2.45, 2.75) is 44.8 Å². The number of hydrogen-bond donors (Lipinski definition) is 0. The average Bonchev–Trinajstić information content (AvgIpc) is 3.27. The molecule has 2 unspecified atom stereocenters. The van der Waals surface area contributed by atoms with Crippen LogP contribution in [0.2, 0.25) is 0 Å². The topological polar surface area (TPSA) is 55.8 Å². The number of rotatable bonds is 6. The predicted molar refractivity (Wildman–Crippen MR) is 97.7 cm³/mol. The van der Waals surface area contributed by atoms with E-state index < -0.39 is 17.4 Å². The summed E-state index contributed by atoms with van der Waals surface area (Å²) in [6.45, 7) is 4.96. The molecule has 4 rings (SSSR count). The summed E-state index contributed by atoms with van der Waals surface area (Å²) in [5.41, 5.74) is 1.23. The Morgan fingerprint density at radius 3 is 2.92 bits per heavy atom. The number of para-hydroxylation sites is 1. The summed E-state index contributed by atoms with van der Waals surface area (Å²) in [5, 5.41) is 0. The highest BCUT2D eigenvalue weighted by Crippen LogP contribution is 2.53. The molecule has 2 saturated heterocycles. The first-order valence-electron chi connectivity index (χ1n) is 9.48. The van der Waals surface area contributed by atoms with Crippen molar-refractivity contribution in [3.05, 3.63) is 42.0 Å². The largest absolute Gasteiger partial charge is 0.465 e. The second kappa shape index (κ2) is 6.54. The lowest BCUT2D eigenvalue weighted by atomic mass is 9.77. The molecule has 1 spiro atoms. The molecule has 3 aliphatic heterocycles. The van der Waals surface area contributed by atoms with Gasteiger partial charge in [0.2, 0.25) is 5.91 Å². The number of fused-ring (bicyclic) bond motifs is 1. The number of benzene rings is 1. The molecule has 0 radical (unpaired) electrons. The highest BCUT2D eigenvalue weighted by molar-refractivity contribution is 6.03. The highest BCUT2D eigenvalue weighted by atomic mass is 16.6. The normalized spacial score (nSPS) is 31.5. The maximum absolute atomic E-state index is 13.2. The van der Waals surface area contributed by atoms with Gasteiger partial charge in [0.15, 0.2) is 0 Å². The fourth-order valence-electron chi connectivity index (χ4n) is 4.46. The number of nitrogens with zero attached hydrogens (tertiary/aromatic N) is 1. The number of aryl methyl sites for hydroxylation is 1. The fraction of sp³-hybridized carbons (Fsp3) is 0.524. The number of carbonyl (C=O) groups is 2. The van der Waals surface area contributed by atoms with Crippen LogP contribution in [0, 0.1) is 18.8 Å². The molecule has 0 saturated carbocycles. The molecule has 1 amide bonds. The maximum Gasteiger partial charge on any atom is 0.312 e. The van der Waals surface area contributed by atoms with Crippen molar-refractivity contribution in [2.24, 2.45) is 11.8 Å². The van der Waals surface area contributed by atoms with Crippen LogP contribution in [-0.4, -0.2) is 36.7 Å². The smallest absolute Gasteiger partial charge is 0.312 e.